The van der Waals surface area contributed by atoms with Gasteiger partial charge in [-0.1, -0.05) is 19.0 Å². The fourth-order valence-corrected chi connectivity index (χ4v) is 1.63. The Kier molecular flexibility index (Phi) is 3.50. The van der Waals surface area contributed by atoms with Crippen LogP contribution >= 0.6 is 0 Å². The molecule has 0 saturated carbocycles. The number of nitrogens with two attached hydrogens (primary N) is 1. The molecule has 0 spiro atoms. The lowest BCUT2D eigenvalue weighted by molar-refractivity contribution is 0.0942. The van der Waals surface area contributed by atoms with Crippen molar-refractivity contribution in [2.75, 3.05) is 5.73 Å². The predicted molar refractivity (Wildman–Crippen MR) is 67.3 cm³/mol. The second kappa shape index (κ2) is 5.09. The van der Waals surface area contributed by atoms with E-state index in [4.69, 9.17) is 10.3 Å². The van der Waals surface area contributed by atoms with Crippen LogP contribution in [0.15, 0.2) is 4.52 Å². The summed E-state index contributed by atoms with van der Waals surface area (Å²) in [5.74, 6) is 0.652. The number of carbonyl (C=O) groups excluding carboxylic acids is 1. The number of hydrogen-bond acceptors (Lipinski definition) is 6. The van der Waals surface area contributed by atoms with Gasteiger partial charge in [-0.25, -0.2) is 0 Å². The predicted octanol–water partition coefficient (Wildman–Crippen LogP) is 0.737. The van der Waals surface area contributed by atoms with Gasteiger partial charge in [-0.2, -0.15) is 10.1 Å². The summed E-state index contributed by atoms with van der Waals surface area (Å²) in [4.78, 5) is 15.9. The van der Waals surface area contributed by atoms with Gasteiger partial charge in [0.15, 0.2) is 11.5 Å². The van der Waals surface area contributed by atoms with Gasteiger partial charge >= 0.3 is 0 Å². The van der Waals surface area contributed by atoms with Gasteiger partial charge < -0.3 is 15.6 Å². The maximum absolute atomic E-state index is 11.9. The fraction of sp³-hybridized carbons (Fsp3) is 0.455. The largest absolute Gasteiger partial charge is 0.395 e. The number of aromatic amines is 1. The molecular weight excluding hydrogens is 248 g/mol. The van der Waals surface area contributed by atoms with E-state index in [9.17, 15) is 4.79 Å². The van der Waals surface area contributed by atoms with E-state index in [1.54, 1.807) is 6.92 Å². The maximum Gasteiger partial charge on any atom is 0.274 e. The average molecular weight is 264 g/mol. The van der Waals surface area contributed by atoms with Crippen LogP contribution < -0.4 is 11.1 Å². The fourth-order valence-electron chi connectivity index (χ4n) is 1.63. The third-order valence-corrected chi connectivity index (χ3v) is 2.60. The summed E-state index contributed by atoms with van der Waals surface area (Å²) >= 11 is 0. The second-order valence-corrected chi connectivity index (χ2v) is 4.47. The summed E-state index contributed by atoms with van der Waals surface area (Å²) in [6.07, 6.45) is 0. The van der Waals surface area contributed by atoms with Gasteiger partial charge in [-0.3, -0.25) is 9.89 Å². The molecule has 0 saturated heterocycles. The number of carbonyl (C=O) groups is 1. The van der Waals surface area contributed by atoms with Crippen molar-refractivity contribution in [1.29, 1.82) is 0 Å². The zero-order chi connectivity index (χ0) is 14.0. The summed E-state index contributed by atoms with van der Waals surface area (Å²) in [7, 11) is 0. The Labute approximate surface area is 109 Å². The number of hydrogen-bond donors (Lipinski definition) is 3. The molecule has 102 valence electrons. The lowest BCUT2D eigenvalue weighted by atomic mass is 10.1. The Morgan fingerprint density at radius 2 is 2.26 bits per heavy atom. The molecule has 2 aromatic rings. The van der Waals surface area contributed by atoms with Crippen LogP contribution in [0.2, 0.25) is 0 Å². The smallest absolute Gasteiger partial charge is 0.274 e. The van der Waals surface area contributed by atoms with E-state index >= 15 is 0 Å². The van der Waals surface area contributed by atoms with E-state index in [0.717, 1.165) is 5.69 Å². The van der Waals surface area contributed by atoms with Crippen LogP contribution in [0.5, 0.6) is 0 Å². The number of aryl methyl sites for hydroxylation is 1. The number of anilines is 1. The molecule has 0 aliphatic heterocycles. The molecule has 0 aliphatic rings. The van der Waals surface area contributed by atoms with E-state index in [-0.39, 0.29) is 24.1 Å². The highest BCUT2D eigenvalue weighted by atomic mass is 16.5. The second-order valence-electron chi connectivity index (χ2n) is 4.47. The van der Waals surface area contributed by atoms with Crippen molar-refractivity contribution >= 4 is 11.6 Å². The molecule has 8 heteroatoms. The first-order valence-electron chi connectivity index (χ1n) is 5.90. The number of H-pyrrole nitrogens is 1. The van der Waals surface area contributed by atoms with Crippen LogP contribution in [0.1, 0.15) is 47.7 Å². The monoisotopic (exact) mass is 264 g/mol. The van der Waals surface area contributed by atoms with E-state index in [1.807, 2.05) is 13.8 Å². The Morgan fingerprint density at radius 3 is 2.79 bits per heavy atom. The molecule has 0 aromatic carbocycles. The minimum absolute atomic E-state index is 0.142. The number of nitrogens with one attached hydrogen (secondary N) is 2. The Hall–Kier alpha value is -2.38. The van der Waals surface area contributed by atoms with Crippen molar-refractivity contribution in [3.63, 3.8) is 0 Å². The summed E-state index contributed by atoms with van der Waals surface area (Å²) in [5, 5.41) is 12.9. The number of nitrogens with zero attached hydrogens (tertiary/aromatic N) is 3. The Bertz CT molecular complexity index is 586. The van der Waals surface area contributed by atoms with Gasteiger partial charge in [0.1, 0.15) is 0 Å². The van der Waals surface area contributed by atoms with Crippen molar-refractivity contribution in [3.8, 4) is 0 Å². The van der Waals surface area contributed by atoms with Gasteiger partial charge in [0.25, 0.3) is 5.91 Å². The SMILES string of the molecule is Cc1noc(CNC(=O)c2n[nH]c(C(C)C)c2N)n1. The normalized spacial score (nSPS) is 10.9. The molecular formula is C11H16N6O2. The van der Waals surface area contributed by atoms with Gasteiger partial charge in [0, 0.05) is 0 Å². The van der Waals surface area contributed by atoms with Crippen molar-refractivity contribution in [3.05, 3.63) is 23.1 Å². The standard InChI is InChI=1S/C11H16N6O2/c1-5(2)9-8(12)10(16-15-9)11(18)13-4-7-14-6(3)17-19-7/h5H,4,12H2,1-3H3,(H,13,18)(H,15,16). The van der Waals surface area contributed by atoms with Gasteiger partial charge in [0.05, 0.1) is 17.9 Å². The van der Waals surface area contributed by atoms with Crippen LogP contribution in [0, 0.1) is 6.92 Å². The van der Waals surface area contributed by atoms with Crippen LogP contribution in [0.4, 0.5) is 5.69 Å². The first-order valence-corrected chi connectivity index (χ1v) is 5.90. The van der Waals surface area contributed by atoms with Crippen LogP contribution in [0.3, 0.4) is 0 Å². The summed E-state index contributed by atoms with van der Waals surface area (Å²) < 4.78 is 4.89. The van der Waals surface area contributed by atoms with E-state index in [0.29, 0.717) is 17.4 Å². The molecule has 2 heterocycles. The molecule has 2 rings (SSSR count). The topological polar surface area (TPSA) is 123 Å². The van der Waals surface area contributed by atoms with Crippen LogP contribution in [-0.4, -0.2) is 26.2 Å². The average Bonchev–Trinajstić information content (AvgIpc) is 2.92. The molecule has 0 radical (unpaired) electrons. The highest BCUT2D eigenvalue weighted by Crippen LogP contribution is 2.21. The molecule has 8 nitrogen and oxygen atoms in total. The van der Waals surface area contributed by atoms with Crippen LogP contribution in [0.25, 0.3) is 0 Å². The molecule has 1 amide bonds. The number of amides is 1. The lowest BCUT2D eigenvalue weighted by Gasteiger charge is -2.03. The van der Waals surface area contributed by atoms with Crippen LogP contribution in [-0.2, 0) is 6.54 Å². The van der Waals surface area contributed by atoms with Gasteiger partial charge in [-0.15, -0.1) is 0 Å². The van der Waals surface area contributed by atoms with Crippen molar-refractivity contribution in [2.45, 2.75) is 33.2 Å². The highest BCUT2D eigenvalue weighted by molar-refractivity contribution is 5.97. The maximum atomic E-state index is 11.9. The van der Waals surface area contributed by atoms with E-state index in [1.165, 1.54) is 0 Å². The zero-order valence-corrected chi connectivity index (χ0v) is 11.0. The molecule has 0 fully saturated rings. The van der Waals surface area contributed by atoms with E-state index < -0.39 is 0 Å². The first kappa shape index (κ1) is 13.1. The molecule has 19 heavy (non-hydrogen) atoms. The minimum atomic E-state index is -0.378. The van der Waals surface area contributed by atoms with Crippen molar-refractivity contribution < 1.29 is 9.32 Å². The van der Waals surface area contributed by atoms with Crippen molar-refractivity contribution in [1.82, 2.24) is 25.7 Å². The van der Waals surface area contributed by atoms with E-state index in [2.05, 4.69) is 25.7 Å². The zero-order valence-electron chi connectivity index (χ0n) is 11.0. The number of rotatable bonds is 4. The molecule has 2 aromatic heterocycles. The molecule has 0 bridgehead atoms. The van der Waals surface area contributed by atoms with Crippen molar-refractivity contribution in [2.24, 2.45) is 0 Å². The van der Waals surface area contributed by atoms with Gasteiger partial charge in [0.2, 0.25) is 5.89 Å². The summed E-state index contributed by atoms with van der Waals surface area (Å²) in [5.41, 5.74) is 7.17. The number of aromatic nitrogens is 4. The number of nitrogen functional groups attached to an aromatic ring is 1. The third-order valence-electron chi connectivity index (χ3n) is 2.60. The Morgan fingerprint density at radius 1 is 1.53 bits per heavy atom. The Balaban J connectivity index is 2.04. The molecule has 0 atom stereocenters. The van der Waals surface area contributed by atoms with Gasteiger partial charge in [-0.05, 0) is 12.8 Å². The molecule has 0 aliphatic carbocycles. The third kappa shape index (κ3) is 2.72. The molecule has 4 N–H and O–H groups in total. The summed E-state index contributed by atoms with van der Waals surface area (Å²) in [6, 6.07) is 0. The lowest BCUT2D eigenvalue weighted by Crippen LogP contribution is -2.24. The minimum Gasteiger partial charge on any atom is -0.395 e. The quantitative estimate of drug-likeness (QED) is 0.748. The first-order chi connectivity index (χ1) is 8.99. The molecule has 0 unspecified atom stereocenters. The highest BCUT2D eigenvalue weighted by Gasteiger charge is 2.19. The summed E-state index contributed by atoms with van der Waals surface area (Å²) in [6.45, 7) is 5.78.